The number of nitrogens with zero attached hydrogens (tertiary/aromatic N) is 4. The average molecular weight is 597 g/mol. The molecule has 4 atom stereocenters. The molecule has 2 bridgehead atoms. The SMILES string of the molecule is C#Cc1c(F)ccc2cc(O)cc(-c3ncc4c(N5CC6CCC(C5)N6)nc(OCC56CCCNC5CCC6)nc4c3F)c12. The molecule has 5 heterocycles. The maximum Gasteiger partial charge on any atom is 0.319 e. The predicted molar refractivity (Wildman–Crippen MR) is 165 cm³/mol. The summed E-state index contributed by atoms with van der Waals surface area (Å²) in [5, 5.41) is 19.1. The van der Waals surface area contributed by atoms with E-state index in [9.17, 15) is 9.50 Å². The topological polar surface area (TPSA) is 95.4 Å². The third kappa shape index (κ3) is 4.44. The molecule has 4 aliphatic rings. The summed E-state index contributed by atoms with van der Waals surface area (Å²) in [6.07, 6.45) is 14.9. The van der Waals surface area contributed by atoms with Gasteiger partial charge < -0.3 is 25.4 Å². The molecule has 8 nitrogen and oxygen atoms in total. The monoisotopic (exact) mass is 596 g/mol. The second kappa shape index (κ2) is 10.5. The molecule has 4 aromatic rings. The number of piperazine rings is 1. The Kier molecular flexibility index (Phi) is 6.58. The van der Waals surface area contributed by atoms with E-state index < -0.39 is 11.6 Å². The predicted octanol–water partition coefficient (Wildman–Crippen LogP) is 5.05. The molecule has 4 unspecified atom stereocenters. The van der Waals surface area contributed by atoms with Crippen LogP contribution < -0.4 is 20.3 Å². The smallest absolute Gasteiger partial charge is 0.319 e. The Morgan fingerprint density at radius 3 is 2.73 bits per heavy atom. The number of phenols is 1. The number of nitrogens with one attached hydrogen (secondary N) is 2. The van der Waals surface area contributed by atoms with Crippen LogP contribution in [-0.2, 0) is 0 Å². The van der Waals surface area contributed by atoms with Crippen LogP contribution in [0.2, 0.25) is 0 Å². The number of aromatic nitrogens is 3. The maximum absolute atomic E-state index is 16.8. The number of piperidine rings is 1. The molecule has 44 heavy (non-hydrogen) atoms. The van der Waals surface area contributed by atoms with Gasteiger partial charge in [0.2, 0.25) is 0 Å². The number of fused-ring (bicyclic) bond motifs is 5. The molecule has 0 spiro atoms. The van der Waals surface area contributed by atoms with E-state index in [1.54, 1.807) is 6.20 Å². The molecule has 2 aromatic carbocycles. The quantitative estimate of drug-likeness (QED) is 0.276. The highest BCUT2D eigenvalue weighted by molar-refractivity contribution is 6.03. The van der Waals surface area contributed by atoms with E-state index in [4.69, 9.17) is 16.1 Å². The molecule has 0 radical (unpaired) electrons. The van der Waals surface area contributed by atoms with Crippen LogP contribution in [0.1, 0.15) is 50.5 Å². The van der Waals surface area contributed by atoms with Crippen molar-refractivity contribution in [1.82, 2.24) is 25.6 Å². The number of hydrogen-bond donors (Lipinski definition) is 3. The van der Waals surface area contributed by atoms with E-state index in [1.807, 2.05) is 0 Å². The van der Waals surface area contributed by atoms with Crippen molar-refractivity contribution in [1.29, 1.82) is 0 Å². The first-order valence-electron chi connectivity index (χ1n) is 15.6. The standard InChI is InChI=1S/C34H34F2N6O2/c1-2-23-26(35)9-6-19-13-22(43)14-24(28(19)23)30-29(36)31-25(15-38-30)32(42-16-20-7-8-21(17-42)39-20)41-33(40-31)44-18-34-10-3-5-27(34)37-12-4-11-34/h1,6,9,13-15,20-21,27,37,39,43H,3-5,7-8,10-12,16-18H2. The lowest BCUT2D eigenvalue weighted by atomic mass is 9.76. The average Bonchev–Trinajstić information content (AvgIpc) is 3.62. The van der Waals surface area contributed by atoms with Crippen molar-refractivity contribution in [2.45, 2.75) is 63.1 Å². The lowest BCUT2D eigenvalue weighted by Crippen LogP contribution is -2.51. The van der Waals surface area contributed by atoms with Crippen LogP contribution in [0.25, 0.3) is 32.9 Å². The van der Waals surface area contributed by atoms with Crippen LogP contribution in [-0.4, -0.2) is 64.4 Å². The first kappa shape index (κ1) is 27.5. The molecule has 3 saturated heterocycles. The third-order valence-corrected chi connectivity index (χ3v) is 10.2. The Morgan fingerprint density at radius 1 is 1.09 bits per heavy atom. The Labute approximate surface area is 254 Å². The zero-order chi connectivity index (χ0) is 30.0. The second-order valence-corrected chi connectivity index (χ2v) is 12.9. The van der Waals surface area contributed by atoms with E-state index in [1.165, 1.54) is 24.3 Å². The molecule has 1 aliphatic carbocycles. The Hall–Kier alpha value is -4.07. The van der Waals surface area contributed by atoms with E-state index in [2.05, 4.69) is 31.4 Å². The number of pyridine rings is 1. The van der Waals surface area contributed by atoms with Crippen LogP contribution >= 0.6 is 0 Å². The summed E-state index contributed by atoms with van der Waals surface area (Å²) in [5.41, 5.74) is 0.175. The van der Waals surface area contributed by atoms with Gasteiger partial charge in [-0.25, -0.2) is 8.78 Å². The summed E-state index contributed by atoms with van der Waals surface area (Å²) in [5.74, 6) is 1.57. The van der Waals surface area contributed by atoms with Gasteiger partial charge in [-0.2, -0.15) is 9.97 Å². The van der Waals surface area contributed by atoms with Crippen LogP contribution in [0.4, 0.5) is 14.6 Å². The minimum absolute atomic E-state index is 0.0169. The highest BCUT2D eigenvalue weighted by Gasteiger charge is 2.45. The van der Waals surface area contributed by atoms with Gasteiger partial charge in [0.05, 0.1) is 17.6 Å². The van der Waals surface area contributed by atoms with Crippen molar-refractivity contribution in [2.24, 2.45) is 5.41 Å². The normalized spacial score (nSPS) is 26.2. The Bertz CT molecular complexity index is 1830. The van der Waals surface area contributed by atoms with Crippen LogP contribution in [0.15, 0.2) is 30.5 Å². The molecule has 1 saturated carbocycles. The fourth-order valence-corrected chi connectivity index (χ4v) is 8.16. The molecule has 226 valence electrons. The number of ether oxygens (including phenoxy) is 1. The number of phenolic OH excluding ortho intramolecular Hbond substituents is 1. The number of halogens is 2. The van der Waals surface area contributed by atoms with Crippen molar-refractivity contribution in [3.63, 3.8) is 0 Å². The van der Waals surface area contributed by atoms with Gasteiger partial charge in [-0.3, -0.25) is 4.98 Å². The molecule has 10 heteroatoms. The number of rotatable bonds is 5. The van der Waals surface area contributed by atoms with Crippen LogP contribution in [0, 0.1) is 29.4 Å². The van der Waals surface area contributed by atoms with Crippen LogP contribution in [0.5, 0.6) is 11.8 Å². The summed E-state index contributed by atoms with van der Waals surface area (Å²) in [6.45, 7) is 2.96. The molecule has 3 N–H and O–H groups in total. The van der Waals surface area contributed by atoms with Gasteiger partial charge in [0, 0.05) is 53.8 Å². The largest absolute Gasteiger partial charge is 0.508 e. The van der Waals surface area contributed by atoms with Gasteiger partial charge in [0.1, 0.15) is 28.6 Å². The summed E-state index contributed by atoms with van der Waals surface area (Å²) in [6, 6.07) is 6.79. The number of anilines is 1. The highest BCUT2D eigenvalue weighted by atomic mass is 19.1. The summed E-state index contributed by atoms with van der Waals surface area (Å²) >= 11 is 0. The Morgan fingerprint density at radius 2 is 1.91 bits per heavy atom. The summed E-state index contributed by atoms with van der Waals surface area (Å²) in [4.78, 5) is 16.2. The highest BCUT2D eigenvalue weighted by Crippen LogP contribution is 2.45. The van der Waals surface area contributed by atoms with Crippen molar-refractivity contribution in [2.75, 3.05) is 31.1 Å². The van der Waals surface area contributed by atoms with Crippen molar-refractivity contribution in [3.05, 3.63) is 47.7 Å². The maximum atomic E-state index is 16.8. The lowest BCUT2D eigenvalue weighted by molar-refractivity contribution is 0.0798. The van der Waals surface area contributed by atoms with E-state index in [0.717, 1.165) is 64.6 Å². The fraction of sp³-hybridized carbons (Fsp3) is 0.441. The van der Waals surface area contributed by atoms with Crippen molar-refractivity contribution < 1.29 is 18.6 Å². The molecule has 0 amide bonds. The molecule has 2 aromatic heterocycles. The molecule has 8 rings (SSSR count). The van der Waals surface area contributed by atoms with Crippen LogP contribution in [0.3, 0.4) is 0 Å². The summed E-state index contributed by atoms with van der Waals surface area (Å²) in [7, 11) is 0. The minimum Gasteiger partial charge on any atom is -0.508 e. The van der Waals surface area contributed by atoms with E-state index in [-0.39, 0.29) is 39.5 Å². The number of benzene rings is 2. The van der Waals surface area contributed by atoms with Gasteiger partial charge in [-0.05, 0) is 68.7 Å². The summed E-state index contributed by atoms with van der Waals surface area (Å²) < 4.78 is 38.0. The first-order chi connectivity index (χ1) is 21.4. The van der Waals surface area contributed by atoms with Gasteiger partial charge in [-0.1, -0.05) is 18.4 Å². The fourth-order valence-electron chi connectivity index (χ4n) is 8.16. The Balaban J connectivity index is 1.27. The number of aromatic hydroxyl groups is 1. The minimum atomic E-state index is -0.704. The molecule has 3 aliphatic heterocycles. The zero-order valence-electron chi connectivity index (χ0n) is 24.4. The van der Waals surface area contributed by atoms with Gasteiger partial charge in [0.25, 0.3) is 0 Å². The third-order valence-electron chi connectivity index (χ3n) is 10.2. The lowest BCUT2D eigenvalue weighted by Gasteiger charge is -2.39. The molecular weight excluding hydrogens is 562 g/mol. The second-order valence-electron chi connectivity index (χ2n) is 12.9. The van der Waals surface area contributed by atoms with Crippen molar-refractivity contribution in [3.8, 4) is 35.4 Å². The molecular formula is C34H34F2N6O2. The van der Waals surface area contributed by atoms with Crippen molar-refractivity contribution >= 4 is 27.5 Å². The molecule has 4 fully saturated rings. The van der Waals surface area contributed by atoms with Gasteiger partial charge in [0.15, 0.2) is 5.82 Å². The first-order valence-corrected chi connectivity index (χ1v) is 15.6. The number of terminal acetylenes is 1. The van der Waals surface area contributed by atoms with E-state index in [0.29, 0.717) is 46.7 Å². The van der Waals surface area contributed by atoms with Gasteiger partial charge in [-0.15, -0.1) is 6.42 Å². The van der Waals surface area contributed by atoms with E-state index >= 15 is 4.39 Å². The zero-order valence-corrected chi connectivity index (χ0v) is 24.4. The number of hydrogen-bond acceptors (Lipinski definition) is 8. The van der Waals surface area contributed by atoms with Gasteiger partial charge >= 0.3 is 6.01 Å².